The summed E-state index contributed by atoms with van der Waals surface area (Å²) in [5.41, 5.74) is 0.733. The van der Waals surface area contributed by atoms with E-state index in [-0.39, 0.29) is 5.54 Å². The number of ether oxygens (including phenoxy) is 1. The molecule has 0 bridgehead atoms. The largest absolute Gasteiger partial charge is 0.478 e. The zero-order valence-corrected chi connectivity index (χ0v) is 13.0. The highest BCUT2D eigenvalue weighted by Gasteiger charge is 2.26. The van der Waals surface area contributed by atoms with Crippen LogP contribution in [0.5, 0.6) is 5.88 Å². The van der Waals surface area contributed by atoms with Crippen LogP contribution in [0, 0.1) is 6.92 Å². The van der Waals surface area contributed by atoms with Crippen molar-refractivity contribution in [1.29, 1.82) is 0 Å². The molecule has 0 unspecified atom stereocenters. The number of nitrogens with zero attached hydrogens (tertiary/aromatic N) is 2. The van der Waals surface area contributed by atoms with E-state index < -0.39 is 0 Å². The van der Waals surface area contributed by atoms with Crippen LogP contribution in [-0.4, -0.2) is 28.0 Å². The second-order valence-electron chi connectivity index (χ2n) is 4.77. The van der Waals surface area contributed by atoms with Crippen molar-refractivity contribution in [3.05, 3.63) is 11.8 Å². The molecule has 1 N–H and O–H groups in total. The summed E-state index contributed by atoms with van der Waals surface area (Å²) in [7, 11) is 0. The van der Waals surface area contributed by atoms with Gasteiger partial charge in [-0.05, 0) is 26.2 Å². The summed E-state index contributed by atoms with van der Waals surface area (Å²) in [6, 6.07) is 1.85. The lowest BCUT2D eigenvalue weighted by Crippen LogP contribution is -2.39. The monoisotopic (exact) mass is 285 g/mol. The maximum Gasteiger partial charge on any atom is 0.226 e. The van der Waals surface area contributed by atoms with Crippen molar-refractivity contribution in [3.63, 3.8) is 0 Å². The molecule has 108 valence electrons. The molecule has 0 aliphatic rings. The van der Waals surface area contributed by atoms with Gasteiger partial charge in [-0.25, -0.2) is 4.98 Å². The number of aryl methyl sites for hydroxylation is 1. The van der Waals surface area contributed by atoms with Gasteiger partial charge in [-0.3, -0.25) is 0 Å². The third kappa shape index (κ3) is 4.53. The molecule has 0 aliphatic heterocycles. The Labute approximate surface area is 120 Å². The van der Waals surface area contributed by atoms with Crippen molar-refractivity contribution in [2.75, 3.05) is 17.8 Å². The number of alkyl halides is 1. The first-order valence-electron chi connectivity index (χ1n) is 6.91. The van der Waals surface area contributed by atoms with Gasteiger partial charge in [0.15, 0.2) is 0 Å². The Morgan fingerprint density at radius 1 is 1.26 bits per heavy atom. The van der Waals surface area contributed by atoms with Crippen LogP contribution in [0.25, 0.3) is 0 Å². The minimum absolute atomic E-state index is 0.155. The molecule has 4 nitrogen and oxygen atoms in total. The van der Waals surface area contributed by atoms with Gasteiger partial charge in [-0.15, -0.1) is 11.6 Å². The Balaban J connectivity index is 2.90. The molecule has 1 aromatic rings. The SMILES string of the molecule is CCCOc1cc(C)nc(NC(CC)(CC)CCl)n1. The number of hydrogen-bond acceptors (Lipinski definition) is 4. The molecule has 0 fully saturated rings. The first-order chi connectivity index (χ1) is 9.09. The third-order valence-corrected chi connectivity index (χ3v) is 3.78. The van der Waals surface area contributed by atoms with E-state index in [2.05, 4.69) is 36.1 Å². The summed E-state index contributed by atoms with van der Waals surface area (Å²) < 4.78 is 5.57. The van der Waals surface area contributed by atoms with E-state index in [9.17, 15) is 0 Å². The van der Waals surface area contributed by atoms with Crippen LogP contribution in [0.2, 0.25) is 0 Å². The first-order valence-corrected chi connectivity index (χ1v) is 7.45. The molecule has 1 heterocycles. The van der Waals surface area contributed by atoms with Crippen molar-refractivity contribution >= 4 is 17.5 Å². The Morgan fingerprint density at radius 2 is 1.95 bits per heavy atom. The first kappa shape index (κ1) is 16.0. The van der Waals surface area contributed by atoms with Gasteiger partial charge in [0.25, 0.3) is 0 Å². The lowest BCUT2D eigenvalue weighted by atomic mass is 9.95. The molecule has 19 heavy (non-hydrogen) atoms. The van der Waals surface area contributed by atoms with Crippen LogP contribution in [0.4, 0.5) is 5.95 Å². The number of anilines is 1. The van der Waals surface area contributed by atoms with Gasteiger partial charge in [-0.2, -0.15) is 4.98 Å². The van der Waals surface area contributed by atoms with Crippen molar-refractivity contribution in [1.82, 2.24) is 9.97 Å². The zero-order chi connectivity index (χ0) is 14.3. The molecule has 0 aromatic carbocycles. The standard InChI is InChI=1S/C14H24ClN3O/c1-5-8-19-12-9-11(4)16-13(17-12)18-14(6-2,7-3)10-15/h9H,5-8,10H2,1-4H3,(H,16,17,18). The van der Waals surface area contributed by atoms with Gasteiger partial charge in [0.2, 0.25) is 11.8 Å². The summed E-state index contributed by atoms with van der Waals surface area (Å²) in [5.74, 6) is 1.74. The predicted octanol–water partition coefficient (Wildman–Crippen LogP) is 3.78. The predicted molar refractivity (Wildman–Crippen MR) is 80.2 cm³/mol. The normalized spacial score (nSPS) is 11.4. The Morgan fingerprint density at radius 3 is 2.47 bits per heavy atom. The van der Waals surface area contributed by atoms with E-state index in [4.69, 9.17) is 16.3 Å². The average Bonchev–Trinajstić information content (AvgIpc) is 2.42. The Kier molecular flexibility index (Phi) is 6.35. The fraction of sp³-hybridized carbons (Fsp3) is 0.714. The fourth-order valence-electron chi connectivity index (χ4n) is 1.76. The highest BCUT2D eigenvalue weighted by Crippen LogP contribution is 2.23. The van der Waals surface area contributed by atoms with E-state index in [0.717, 1.165) is 25.0 Å². The maximum absolute atomic E-state index is 6.09. The molecule has 0 atom stereocenters. The molecule has 5 heteroatoms. The van der Waals surface area contributed by atoms with Crippen LogP contribution >= 0.6 is 11.6 Å². The van der Waals surface area contributed by atoms with E-state index in [1.54, 1.807) is 0 Å². The molecular weight excluding hydrogens is 262 g/mol. The van der Waals surface area contributed by atoms with Gasteiger partial charge in [0, 0.05) is 17.6 Å². The molecule has 0 radical (unpaired) electrons. The van der Waals surface area contributed by atoms with Gasteiger partial charge >= 0.3 is 0 Å². The quantitative estimate of drug-likeness (QED) is 0.738. The van der Waals surface area contributed by atoms with Gasteiger partial charge in [0.05, 0.1) is 12.1 Å². The number of hydrogen-bond donors (Lipinski definition) is 1. The maximum atomic E-state index is 6.09. The topological polar surface area (TPSA) is 47.0 Å². The molecule has 0 amide bonds. The van der Waals surface area contributed by atoms with Gasteiger partial charge in [-0.1, -0.05) is 20.8 Å². The van der Waals surface area contributed by atoms with Crippen LogP contribution in [0.15, 0.2) is 6.07 Å². The molecule has 0 saturated heterocycles. The van der Waals surface area contributed by atoms with E-state index in [0.29, 0.717) is 24.3 Å². The molecule has 1 aromatic heterocycles. The fourth-order valence-corrected chi connectivity index (χ4v) is 2.21. The van der Waals surface area contributed by atoms with Crippen molar-refractivity contribution < 1.29 is 4.74 Å². The number of nitrogens with one attached hydrogen (secondary N) is 1. The van der Waals surface area contributed by atoms with E-state index >= 15 is 0 Å². The lowest BCUT2D eigenvalue weighted by Gasteiger charge is -2.30. The zero-order valence-electron chi connectivity index (χ0n) is 12.3. The molecule has 0 spiro atoms. The number of aromatic nitrogens is 2. The third-order valence-electron chi connectivity index (χ3n) is 3.27. The summed E-state index contributed by atoms with van der Waals surface area (Å²) in [6.07, 6.45) is 2.81. The van der Waals surface area contributed by atoms with Crippen molar-refractivity contribution in [3.8, 4) is 5.88 Å². The summed E-state index contributed by atoms with van der Waals surface area (Å²) in [4.78, 5) is 8.81. The van der Waals surface area contributed by atoms with E-state index in [1.807, 2.05) is 13.0 Å². The highest BCUT2D eigenvalue weighted by molar-refractivity contribution is 6.18. The van der Waals surface area contributed by atoms with Crippen LogP contribution < -0.4 is 10.1 Å². The number of halogens is 1. The molecule has 1 rings (SSSR count). The second kappa shape index (κ2) is 7.53. The summed E-state index contributed by atoms with van der Waals surface area (Å²) in [6.45, 7) is 8.90. The van der Waals surface area contributed by atoms with Crippen LogP contribution in [0.1, 0.15) is 45.7 Å². The van der Waals surface area contributed by atoms with Crippen LogP contribution in [-0.2, 0) is 0 Å². The van der Waals surface area contributed by atoms with Gasteiger partial charge < -0.3 is 10.1 Å². The minimum atomic E-state index is -0.155. The lowest BCUT2D eigenvalue weighted by molar-refractivity contribution is 0.304. The van der Waals surface area contributed by atoms with Crippen LogP contribution in [0.3, 0.4) is 0 Å². The Bertz CT molecular complexity index is 386. The number of rotatable bonds is 8. The molecule has 0 aliphatic carbocycles. The average molecular weight is 286 g/mol. The summed E-state index contributed by atoms with van der Waals surface area (Å²) in [5, 5.41) is 3.37. The highest BCUT2D eigenvalue weighted by atomic mass is 35.5. The second-order valence-corrected chi connectivity index (χ2v) is 5.03. The smallest absolute Gasteiger partial charge is 0.226 e. The van der Waals surface area contributed by atoms with Crippen molar-refractivity contribution in [2.45, 2.75) is 52.5 Å². The van der Waals surface area contributed by atoms with E-state index in [1.165, 1.54) is 0 Å². The molecule has 0 saturated carbocycles. The molecular formula is C14H24ClN3O. The van der Waals surface area contributed by atoms with Crippen molar-refractivity contribution in [2.24, 2.45) is 0 Å². The van der Waals surface area contributed by atoms with Gasteiger partial charge in [0.1, 0.15) is 0 Å². The minimum Gasteiger partial charge on any atom is -0.478 e. The Hall–Kier alpha value is -1.03. The summed E-state index contributed by atoms with van der Waals surface area (Å²) >= 11 is 6.09.